The van der Waals surface area contributed by atoms with Crippen molar-refractivity contribution < 1.29 is 22.7 Å². The van der Waals surface area contributed by atoms with Crippen molar-refractivity contribution in [1.82, 2.24) is 15.5 Å². The fourth-order valence-electron chi connectivity index (χ4n) is 3.64. The molecule has 1 aliphatic carbocycles. The molecule has 1 amide bonds. The zero-order chi connectivity index (χ0) is 19.7. The van der Waals surface area contributed by atoms with Crippen LogP contribution in [0.25, 0.3) is 0 Å². The minimum atomic E-state index is -4.28. The average molecular weight is 520 g/mol. The van der Waals surface area contributed by atoms with Gasteiger partial charge in [0.2, 0.25) is 5.91 Å². The van der Waals surface area contributed by atoms with Gasteiger partial charge in [-0.15, -0.1) is 24.0 Å². The second-order valence-corrected chi connectivity index (χ2v) is 7.27. The third-order valence-electron chi connectivity index (χ3n) is 5.04. The molecule has 2 aliphatic rings. The molecule has 0 aromatic heterocycles. The van der Waals surface area contributed by atoms with Crippen LogP contribution in [-0.2, 0) is 9.53 Å². The van der Waals surface area contributed by atoms with Crippen LogP contribution in [0.15, 0.2) is 4.99 Å². The van der Waals surface area contributed by atoms with Gasteiger partial charge in [-0.25, -0.2) is 0 Å². The number of likely N-dealkylation sites (tertiary alicyclic amines) is 1. The smallest absolute Gasteiger partial charge is 0.372 e. The van der Waals surface area contributed by atoms with Crippen molar-refractivity contribution in [3.8, 4) is 0 Å². The minimum Gasteiger partial charge on any atom is -0.372 e. The number of amides is 1. The lowest BCUT2D eigenvalue weighted by molar-refractivity contribution is -0.173. The van der Waals surface area contributed by atoms with Crippen LogP contribution in [0.3, 0.4) is 0 Å². The molecule has 6 nitrogen and oxygen atoms in total. The van der Waals surface area contributed by atoms with Gasteiger partial charge >= 0.3 is 6.18 Å². The highest BCUT2D eigenvalue weighted by molar-refractivity contribution is 14.0. The number of nitrogens with zero attached hydrogens (tertiary/aromatic N) is 2. The number of carbonyl (C=O) groups excluding carboxylic acids is 1. The molecular formula is C18H32F3IN4O2. The third-order valence-corrected chi connectivity index (χ3v) is 5.04. The maximum Gasteiger partial charge on any atom is 0.411 e. The lowest BCUT2D eigenvalue weighted by Crippen LogP contribution is -2.45. The van der Waals surface area contributed by atoms with E-state index in [-0.39, 0.29) is 48.5 Å². The van der Waals surface area contributed by atoms with Gasteiger partial charge in [-0.1, -0.05) is 19.3 Å². The van der Waals surface area contributed by atoms with E-state index < -0.39 is 12.8 Å². The number of halogens is 4. The molecule has 0 aromatic rings. The monoisotopic (exact) mass is 520 g/mol. The predicted molar refractivity (Wildman–Crippen MR) is 113 cm³/mol. The van der Waals surface area contributed by atoms with Crippen LogP contribution in [-0.4, -0.2) is 68.9 Å². The van der Waals surface area contributed by atoms with Gasteiger partial charge in [-0.3, -0.25) is 9.79 Å². The molecule has 0 aromatic carbocycles. The van der Waals surface area contributed by atoms with Gasteiger partial charge in [0.1, 0.15) is 6.61 Å². The largest absolute Gasteiger partial charge is 0.411 e. The number of guanidine groups is 1. The molecule has 1 aliphatic heterocycles. The summed E-state index contributed by atoms with van der Waals surface area (Å²) in [6.45, 7) is 0.721. The first-order valence-corrected chi connectivity index (χ1v) is 9.79. The Morgan fingerprint density at radius 3 is 2.57 bits per heavy atom. The van der Waals surface area contributed by atoms with E-state index in [2.05, 4.69) is 20.4 Å². The van der Waals surface area contributed by atoms with E-state index in [1.807, 2.05) is 4.90 Å². The van der Waals surface area contributed by atoms with Crippen LogP contribution in [0.5, 0.6) is 0 Å². The number of rotatable bonds is 7. The predicted octanol–water partition coefficient (Wildman–Crippen LogP) is 2.92. The van der Waals surface area contributed by atoms with Crippen molar-refractivity contribution in [3.63, 3.8) is 0 Å². The average Bonchev–Trinajstić information content (AvgIpc) is 3.11. The maximum absolute atomic E-state index is 12.6. The Morgan fingerprint density at radius 1 is 1.21 bits per heavy atom. The molecular weight excluding hydrogens is 488 g/mol. The topological polar surface area (TPSA) is 66.0 Å². The van der Waals surface area contributed by atoms with Crippen molar-refractivity contribution in [2.45, 2.75) is 57.2 Å². The van der Waals surface area contributed by atoms with E-state index in [0.29, 0.717) is 25.5 Å². The van der Waals surface area contributed by atoms with E-state index in [1.165, 1.54) is 6.42 Å². The van der Waals surface area contributed by atoms with Crippen LogP contribution in [0.2, 0.25) is 0 Å². The summed E-state index contributed by atoms with van der Waals surface area (Å²) in [7, 11) is 1.65. The van der Waals surface area contributed by atoms with Gasteiger partial charge in [-0.2, -0.15) is 13.2 Å². The normalized spacial score (nSPS) is 21.4. The van der Waals surface area contributed by atoms with Crippen LogP contribution in [0.1, 0.15) is 44.9 Å². The Hall–Kier alpha value is -0.780. The Morgan fingerprint density at radius 2 is 1.93 bits per heavy atom. The van der Waals surface area contributed by atoms with E-state index in [4.69, 9.17) is 0 Å². The second kappa shape index (κ2) is 12.7. The molecule has 1 unspecified atom stereocenters. The van der Waals surface area contributed by atoms with Crippen LogP contribution in [0.4, 0.5) is 13.2 Å². The number of carbonyl (C=O) groups is 1. The van der Waals surface area contributed by atoms with Crippen molar-refractivity contribution in [2.24, 2.45) is 10.9 Å². The Bertz CT molecular complexity index is 500. The van der Waals surface area contributed by atoms with Crippen molar-refractivity contribution in [3.05, 3.63) is 0 Å². The summed E-state index contributed by atoms with van der Waals surface area (Å²) in [5, 5.41) is 6.37. The summed E-state index contributed by atoms with van der Waals surface area (Å²) in [5.41, 5.74) is 0. The molecule has 28 heavy (non-hydrogen) atoms. The lowest BCUT2D eigenvalue weighted by atomic mass is 9.88. The zero-order valence-corrected chi connectivity index (χ0v) is 18.7. The molecule has 2 N–H and O–H groups in total. The molecule has 10 heteroatoms. The Labute approximate surface area is 182 Å². The molecule has 164 valence electrons. The van der Waals surface area contributed by atoms with Gasteiger partial charge in [0.25, 0.3) is 0 Å². The maximum atomic E-state index is 12.6. The molecule has 2 rings (SSSR count). The first-order chi connectivity index (χ1) is 12.9. The minimum absolute atomic E-state index is 0. The second-order valence-electron chi connectivity index (χ2n) is 7.27. The third kappa shape index (κ3) is 9.15. The molecule has 2 fully saturated rings. The van der Waals surface area contributed by atoms with Crippen molar-refractivity contribution in [2.75, 3.05) is 39.9 Å². The highest BCUT2D eigenvalue weighted by Crippen LogP contribution is 2.26. The summed E-state index contributed by atoms with van der Waals surface area (Å²) in [6.07, 6.45) is 2.58. The van der Waals surface area contributed by atoms with Gasteiger partial charge in [0.15, 0.2) is 5.96 Å². The molecule has 1 atom stereocenters. The SMILES string of the molecule is CN=C(NCCCOCC(F)(F)F)NC1CCN(C(=O)C2CCCCC2)C1.I. The molecule has 0 spiro atoms. The molecule has 1 saturated carbocycles. The van der Waals surface area contributed by atoms with Gasteiger partial charge in [0.05, 0.1) is 0 Å². The highest BCUT2D eigenvalue weighted by Gasteiger charge is 2.31. The van der Waals surface area contributed by atoms with Crippen LogP contribution < -0.4 is 10.6 Å². The van der Waals surface area contributed by atoms with Crippen molar-refractivity contribution in [1.29, 1.82) is 0 Å². The number of hydrogen-bond donors (Lipinski definition) is 2. The standard InChI is InChI=1S/C18H31F3N4O2.HI/c1-22-17(23-9-5-11-27-13-18(19,20)21)24-15-8-10-25(12-15)16(26)14-6-3-2-4-7-14;/h14-15H,2-13H2,1H3,(H2,22,23,24);1H. The van der Waals surface area contributed by atoms with Gasteiger partial charge in [-0.05, 0) is 25.7 Å². The van der Waals surface area contributed by atoms with E-state index in [0.717, 1.165) is 38.6 Å². The van der Waals surface area contributed by atoms with Crippen molar-refractivity contribution >= 4 is 35.8 Å². The first-order valence-electron chi connectivity index (χ1n) is 9.79. The van der Waals surface area contributed by atoms with E-state index >= 15 is 0 Å². The quantitative estimate of drug-likeness (QED) is 0.235. The van der Waals surface area contributed by atoms with Crippen LogP contribution in [0, 0.1) is 5.92 Å². The number of nitrogens with one attached hydrogen (secondary N) is 2. The Kier molecular flexibility index (Phi) is 11.5. The number of alkyl halides is 3. The summed E-state index contributed by atoms with van der Waals surface area (Å²) in [6, 6.07) is 0.144. The van der Waals surface area contributed by atoms with Gasteiger partial charge < -0.3 is 20.3 Å². The number of ether oxygens (including phenoxy) is 1. The molecule has 0 bridgehead atoms. The summed E-state index contributed by atoms with van der Waals surface area (Å²) in [4.78, 5) is 18.7. The highest BCUT2D eigenvalue weighted by atomic mass is 127. The fourth-order valence-corrected chi connectivity index (χ4v) is 3.64. The lowest BCUT2D eigenvalue weighted by Gasteiger charge is -2.26. The molecule has 0 radical (unpaired) electrons. The number of aliphatic imine (C=N–C) groups is 1. The number of hydrogen-bond acceptors (Lipinski definition) is 3. The van der Waals surface area contributed by atoms with E-state index in [1.54, 1.807) is 7.05 Å². The molecule has 1 saturated heterocycles. The zero-order valence-electron chi connectivity index (χ0n) is 16.4. The van der Waals surface area contributed by atoms with Crippen LogP contribution >= 0.6 is 24.0 Å². The van der Waals surface area contributed by atoms with Gasteiger partial charge in [0, 0.05) is 45.2 Å². The Balaban J connectivity index is 0.00000392. The molecule has 1 heterocycles. The summed E-state index contributed by atoms with van der Waals surface area (Å²) in [5.74, 6) is 1.07. The summed E-state index contributed by atoms with van der Waals surface area (Å²) >= 11 is 0. The fraction of sp³-hybridized carbons (Fsp3) is 0.889. The summed E-state index contributed by atoms with van der Waals surface area (Å²) < 4.78 is 40.5. The first kappa shape index (κ1) is 25.3. The van der Waals surface area contributed by atoms with E-state index in [9.17, 15) is 18.0 Å².